The Morgan fingerprint density at radius 3 is 2.77 bits per heavy atom. The van der Waals surface area contributed by atoms with Gasteiger partial charge in [0.1, 0.15) is 11.4 Å². The zero-order chi connectivity index (χ0) is 23.8. The average molecular weight is 503 g/mol. The van der Waals surface area contributed by atoms with Crippen LogP contribution in [0.5, 0.6) is 5.75 Å². The van der Waals surface area contributed by atoms with Crippen LogP contribution in [-0.2, 0) is 0 Å². The van der Waals surface area contributed by atoms with Crippen molar-refractivity contribution in [1.82, 2.24) is 14.4 Å². The molecular formula is C25H22N6O2S2. The molecule has 5 aromatic rings. The molecule has 1 amide bonds. The van der Waals surface area contributed by atoms with Crippen LogP contribution in [0, 0.1) is 0 Å². The second-order valence-electron chi connectivity index (χ2n) is 8.27. The Balaban J connectivity index is 1.17. The van der Waals surface area contributed by atoms with E-state index in [1.807, 2.05) is 53.3 Å². The molecule has 10 heteroatoms. The predicted molar refractivity (Wildman–Crippen MR) is 141 cm³/mol. The van der Waals surface area contributed by atoms with Crippen molar-refractivity contribution < 1.29 is 9.53 Å². The average Bonchev–Trinajstić information content (AvgIpc) is 3.57. The lowest BCUT2D eigenvalue weighted by molar-refractivity contribution is 0.103. The highest BCUT2D eigenvalue weighted by molar-refractivity contribution is 7.20. The van der Waals surface area contributed by atoms with Crippen molar-refractivity contribution in [2.45, 2.75) is 25.4 Å². The number of nitrogens with two attached hydrogens (primary N) is 1. The van der Waals surface area contributed by atoms with Gasteiger partial charge >= 0.3 is 0 Å². The molecule has 0 saturated heterocycles. The number of hydrogen-bond donors (Lipinski definition) is 3. The molecule has 0 aliphatic heterocycles. The van der Waals surface area contributed by atoms with Crippen molar-refractivity contribution in [1.29, 1.82) is 0 Å². The summed E-state index contributed by atoms with van der Waals surface area (Å²) >= 11 is 2.88. The van der Waals surface area contributed by atoms with Gasteiger partial charge in [-0.15, -0.1) is 11.3 Å². The summed E-state index contributed by atoms with van der Waals surface area (Å²) in [6, 6.07) is 14.8. The van der Waals surface area contributed by atoms with Gasteiger partial charge < -0.3 is 21.1 Å². The van der Waals surface area contributed by atoms with Gasteiger partial charge in [0.15, 0.2) is 5.13 Å². The molecule has 35 heavy (non-hydrogen) atoms. The number of nitrogen functional groups attached to an aromatic ring is 1. The molecule has 0 bridgehead atoms. The lowest BCUT2D eigenvalue weighted by Gasteiger charge is -2.26. The number of hydrogen-bond acceptors (Lipinski definition) is 8. The van der Waals surface area contributed by atoms with Crippen molar-refractivity contribution in [3.8, 4) is 16.3 Å². The minimum absolute atomic E-state index is 0.202. The van der Waals surface area contributed by atoms with E-state index in [2.05, 4.69) is 20.6 Å². The number of nitrogens with zero attached hydrogens (tertiary/aromatic N) is 3. The van der Waals surface area contributed by atoms with E-state index in [4.69, 9.17) is 10.5 Å². The van der Waals surface area contributed by atoms with Gasteiger partial charge in [-0.1, -0.05) is 23.5 Å². The van der Waals surface area contributed by atoms with Crippen LogP contribution in [0.2, 0.25) is 0 Å². The van der Waals surface area contributed by atoms with E-state index in [-0.39, 0.29) is 5.91 Å². The Bertz CT molecular complexity index is 1520. The second-order valence-corrected chi connectivity index (χ2v) is 10.4. The lowest BCUT2D eigenvalue weighted by atomic mass is 9.96. The van der Waals surface area contributed by atoms with Crippen LogP contribution < -0.4 is 21.1 Å². The number of nitrogens with one attached hydrogen (secondary N) is 2. The highest BCUT2D eigenvalue weighted by atomic mass is 32.1. The zero-order valence-corrected chi connectivity index (χ0v) is 20.2. The molecule has 0 unspecified atom stereocenters. The smallest absolute Gasteiger partial charge is 0.265 e. The fourth-order valence-corrected chi connectivity index (χ4v) is 5.47. The number of anilines is 4. The number of imidazole rings is 1. The van der Waals surface area contributed by atoms with E-state index in [0.717, 1.165) is 44.9 Å². The van der Waals surface area contributed by atoms with Gasteiger partial charge in [0.25, 0.3) is 5.91 Å². The Kier molecular flexibility index (Phi) is 5.59. The van der Waals surface area contributed by atoms with Gasteiger partial charge in [-0.25, -0.2) is 9.97 Å². The van der Waals surface area contributed by atoms with Gasteiger partial charge in [-0.3, -0.25) is 9.20 Å². The highest BCUT2D eigenvalue weighted by Gasteiger charge is 2.20. The maximum Gasteiger partial charge on any atom is 0.265 e. The molecule has 1 fully saturated rings. The standard InChI is InChI=1S/C25H22N6O2S2/c26-17-6-1-2-7-18(17)29-24(32)20-9-11-23(34-20)30-25-28-13-21(35-25)19-12-27-22-10-8-16(14-31(19)22)33-15-4-3-5-15/h1-2,6-15H,3-5,26H2,(H,28,30)(H,29,32). The monoisotopic (exact) mass is 502 g/mol. The molecule has 1 aliphatic carbocycles. The van der Waals surface area contributed by atoms with Gasteiger partial charge in [0.2, 0.25) is 0 Å². The van der Waals surface area contributed by atoms with Crippen molar-refractivity contribution >= 4 is 55.7 Å². The molecule has 0 atom stereocenters. The van der Waals surface area contributed by atoms with E-state index in [1.54, 1.807) is 18.2 Å². The van der Waals surface area contributed by atoms with Crippen LogP contribution in [0.4, 0.5) is 21.5 Å². The number of amides is 1. The third-order valence-electron chi connectivity index (χ3n) is 5.86. The number of thiophene rings is 1. The maximum atomic E-state index is 12.6. The first-order valence-electron chi connectivity index (χ1n) is 11.2. The van der Waals surface area contributed by atoms with Crippen molar-refractivity contribution in [2.75, 3.05) is 16.4 Å². The van der Waals surface area contributed by atoms with E-state index >= 15 is 0 Å². The Morgan fingerprint density at radius 1 is 1.06 bits per heavy atom. The third kappa shape index (κ3) is 4.45. The van der Waals surface area contributed by atoms with Crippen molar-refractivity contribution in [2.24, 2.45) is 0 Å². The summed E-state index contributed by atoms with van der Waals surface area (Å²) in [6.07, 6.45) is 9.46. The third-order valence-corrected chi connectivity index (χ3v) is 7.80. The molecule has 1 aromatic carbocycles. The normalized spacial score (nSPS) is 13.5. The van der Waals surface area contributed by atoms with E-state index < -0.39 is 0 Å². The number of benzene rings is 1. The van der Waals surface area contributed by atoms with Crippen LogP contribution in [0.1, 0.15) is 28.9 Å². The van der Waals surface area contributed by atoms with Crippen LogP contribution in [-0.4, -0.2) is 26.4 Å². The molecule has 8 nitrogen and oxygen atoms in total. The number of carbonyl (C=O) groups is 1. The van der Waals surface area contributed by atoms with Crippen molar-refractivity contribution in [3.63, 3.8) is 0 Å². The quantitative estimate of drug-likeness (QED) is 0.235. The Labute approximate surface area is 209 Å². The molecule has 4 N–H and O–H groups in total. The van der Waals surface area contributed by atoms with Crippen LogP contribution in [0.25, 0.3) is 16.2 Å². The minimum Gasteiger partial charge on any atom is -0.489 e. The number of pyridine rings is 1. The highest BCUT2D eigenvalue weighted by Crippen LogP contribution is 2.34. The van der Waals surface area contributed by atoms with Gasteiger partial charge in [-0.05, 0) is 55.7 Å². The SMILES string of the molecule is Nc1ccccc1NC(=O)c1ccc(Nc2ncc(-c3cnc4ccc(OC5CCC5)cn34)s2)s1. The number of thiazole rings is 1. The summed E-state index contributed by atoms with van der Waals surface area (Å²) in [5, 5.41) is 7.72. The Hall–Kier alpha value is -3.89. The number of carbonyl (C=O) groups excluding carboxylic acids is 1. The number of ether oxygens (including phenoxy) is 1. The van der Waals surface area contributed by atoms with E-state index in [1.165, 1.54) is 29.1 Å². The Morgan fingerprint density at radius 2 is 1.94 bits per heavy atom. The molecule has 1 aliphatic rings. The molecule has 6 rings (SSSR count). The topological polar surface area (TPSA) is 107 Å². The lowest BCUT2D eigenvalue weighted by Crippen LogP contribution is -2.24. The van der Waals surface area contributed by atoms with Gasteiger partial charge in [-0.2, -0.15) is 0 Å². The summed E-state index contributed by atoms with van der Waals surface area (Å²) in [6.45, 7) is 0. The number of aromatic nitrogens is 3. The first kappa shape index (κ1) is 21.6. The molecule has 4 heterocycles. The van der Waals surface area contributed by atoms with Crippen LogP contribution in [0.15, 0.2) is 67.1 Å². The molecule has 4 aromatic heterocycles. The second kappa shape index (κ2) is 9.05. The van der Waals surface area contributed by atoms with Gasteiger partial charge in [0, 0.05) is 6.20 Å². The minimum atomic E-state index is -0.202. The molecule has 176 valence electrons. The van der Waals surface area contributed by atoms with Crippen LogP contribution in [0.3, 0.4) is 0 Å². The summed E-state index contributed by atoms with van der Waals surface area (Å²) in [5.41, 5.74) is 8.86. The largest absolute Gasteiger partial charge is 0.489 e. The van der Waals surface area contributed by atoms with Gasteiger partial charge in [0.05, 0.1) is 50.3 Å². The first-order chi connectivity index (χ1) is 17.1. The van der Waals surface area contributed by atoms with Crippen LogP contribution >= 0.6 is 22.7 Å². The molecule has 1 saturated carbocycles. The zero-order valence-electron chi connectivity index (χ0n) is 18.6. The molecule has 0 spiro atoms. The summed E-state index contributed by atoms with van der Waals surface area (Å²) < 4.78 is 8.09. The first-order valence-corrected chi connectivity index (χ1v) is 12.9. The number of rotatable bonds is 7. The maximum absolute atomic E-state index is 12.6. The molecular weight excluding hydrogens is 480 g/mol. The summed E-state index contributed by atoms with van der Waals surface area (Å²) in [5.74, 6) is 0.650. The number of fused-ring (bicyclic) bond motifs is 1. The number of para-hydroxylation sites is 2. The molecule has 0 radical (unpaired) electrons. The van der Waals surface area contributed by atoms with Crippen molar-refractivity contribution in [3.05, 3.63) is 72.0 Å². The fraction of sp³-hybridized carbons (Fsp3) is 0.160. The van der Waals surface area contributed by atoms with E-state index in [0.29, 0.717) is 22.4 Å². The fourth-order valence-electron chi connectivity index (χ4n) is 3.77. The summed E-state index contributed by atoms with van der Waals surface area (Å²) in [4.78, 5) is 23.2. The summed E-state index contributed by atoms with van der Waals surface area (Å²) in [7, 11) is 0. The van der Waals surface area contributed by atoms with E-state index in [9.17, 15) is 4.79 Å². The predicted octanol–water partition coefficient (Wildman–Crippen LogP) is 6.03.